The molecule has 0 aromatic heterocycles. The Morgan fingerprint density at radius 2 is 1.82 bits per heavy atom. The molecular formula is C14H23NO2. The van der Waals surface area contributed by atoms with Gasteiger partial charge in [-0.25, -0.2) is 0 Å². The van der Waals surface area contributed by atoms with E-state index < -0.39 is 0 Å². The van der Waals surface area contributed by atoms with Gasteiger partial charge in [0.1, 0.15) is 12.4 Å². The molecule has 0 amide bonds. The average Bonchev–Trinajstić information content (AvgIpc) is 2.35. The predicted molar refractivity (Wildman–Crippen MR) is 70.5 cm³/mol. The summed E-state index contributed by atoms with van der Waals surface area (Å²) in [4.78, 5) is 0. The molecule has 0 aliphatic heterocycles. The average molecular weight is 237 g/mol. The number of hydrogen-bond donors (Lipinski definition) is 1. The van der Waals surface area contributed by atoms with Gasteiger partial charge in [0.25, 0.3) is 0 Å². The third-order valence-corrected chi connectivity index (χ3v) is 2.75. The molecule has 0 spiro atoms. The summed E-state index contributed by atoms with van der Waals surface area (Å²) in [5.74, 6) is 0.923. The van der Waals surface area contributed by atoms with Crippen LogP contribution in [0.1, 0.15) is 20.3 Å². The van der Waals surface area contributed by atoms with Crippen LogP contribution in [0.25, 0.3) is 0 Å². The molecule has 0 radical (unpaired) electrons. The standard InChI is InChI=1S/C14H23NO2/c1-14(2,16-3)9-10-15-11-12-17-13-7-5-4-6-8-13/h4-8,15H,9-12H2,1-3H3. The van der Waals surface area contributed by atoms with Crippen molar-refractivity contribution in [1.82, 2.24) is 5.32 Å². The van der Waals surface area contributed by atoms with Crippen molar-refractivity contribution < 1.29 is 9.47 Å². The first-order chi connectivity index (χ1) is 8.14. The van der Waals surface area contributed by atoms with Crippen LogP contribution in [0.4, 0.5) is 0 Å². The van der Waals surface area contributed by atoms with E-state index in [1.165, 1.54) is 0 Å². The van der Waals surface area contributed by atoms with Crippen molar-refractivity contribution in [2.75, 3.05) is 26.8 Å². The Balaban J connectivity index is 2.02. The first kappa shape index (κ1) is 14.0. The summed E-state index contributed by atoms with van der Waals surface area (Å²) in [7, 11) is 1.75. The first-order valence-electron chi connectivity index (χ1n) is 6.08. The van der Waals surface area contributed by atoms with Gasteiger partial charge in [0, 0.05) is 13.7 Å². The zero-order chi connectivity index (χ0) is 12.6. The van der Waals surface area contributed by atoms with Crippen LogP contribution in [0.3, 0.4) is 0 Å². The molecule has 0 atom stereocenters. The molecule has 17 heavy (non-hydrogen) atoms. The van der Waals surface area contributed by atoms with Crippen LogP contribution in [0.15, 0.2) is 30.3 Å². The van der Waals surface area contributed by atoms with Gasteiger partial charge in [-0.3, -0.25) is 0 Å². The van der Waals surface area contributed by atoms with E-state index in [1.807, 2.05) is 30.3 Å². The molecule has 1 aromatic rings. The van der Waals surface area contributed by atoms with Crippen molar-refractivity contribution >= 4 is 0 Å². The van der Waals surface area contributed by atoms with Crippen LogP contribution in [-0.4, -0.2) is 32.4 Å². The lowest BCUT2D eigenvalue weighted by Crippen LogP contribution is -2.30. The molecular weight excluding hydrogens is 214 g/mol. The minimum atomic E-state index is -0.0483. The molecule has 0 aliphatic rings. The van der Waals surface area contributed by atoms with Crippen molar-refractivity contribution in [3.05, 3.63) is 30.3 Å². The molecule has 3 heteroatoms. The smallest absolute Gasteiger partial charge is 0.119 e. The van der Waals surface area contributed by atoms with E-state index in [-0.39, 0.29) is 5.60 Å². The molecule has 0 aliphatic carbocycles. The quantitative estimate of drug-likeness (QED) is 0.705. The highest BCUT2D eigenvalue weighted by Crippen LogP contribution is 2.11. The largest absolute Gasteiger partial charge is 0.492 e. The minimum Gasteiger partial charge on any atom is -0.492 e. The second kappa shape index (κ2) is 7.30. The molecule has 0 unspecified atom stereocenters. The molecule has 0 saturated heterocycles. The summed E-state index contributed by atoms with van der Waals surface area (Å²) in [6.45, 7) is 6.68. The maximum Gasteiger partial charge on any atom is 0.119 e. The van der Waals surface area contributed by atoms with Gasteiger partial charge < -0.3 is 14.8 Å². The van der Waals surface area contributed by atoms with E-state index in [0.717, 1.165) is 25.3 Å². The van der Waals surface area contributed by atoms with Crippen molar-refractivity contribution in [2.24, 2.45) is 0 Å². The van der Waals surface area contributed by atoms with Gasteiger partial charge in [-0.2, -0.15) is 0 Å². The number of rotatable bonds is 8. The number of nitrogens with one attached hydrogen (secondary N) is 1. The van der Waals surface area contributed by atoms with Gasteiger partial charge >= 0.3 is 0 Å². The molecule has 0 saturated carbocycles. The Hall–Kier alpha value is -1.06. The van der Waals surface area contributed by atoms with Crippen LogP contribution >= 0.6 is 0 Å². The molecule has 96 valence electrons. The van der Waals surface area contributed by atoms with Crippen LogP contribution in [0, 0.1) is 0 Å². The third kappa shape index (κ3) is 6.29. The highest BCUT2D eigenvalue weighted by atomic mass is 16.5. The Labute approximate surface area is 104 Å². The zero-order valence-electron chi connectivity index (χ0n) is 11.0. The highest BCUT2D eigenvalue weighted by molar-refractivity contribution is 5.20. The summed E-state index contributed by atoms with van der Waals surface area (Å²) in [5, 5.41) is 3.34. The van der Waals surface area contributed by atoms with Gasteiger partial charge in [-0.1, -0.05) is 18.2 Å². The maximum atomic E-state index is 5.57. The number of methoxy groups -OCH3 is 1. The number of ether oxygens (including phenoxy) is 2. The second-order valence-corrected chi connectivity index (χ2v) is 4.63. The number of benzene rings is 1. The monoisotopic (exact) mass is 237 g/mol. The number of para-hydroxylation sites is 1. The molecule has 3 nitrogen and oxygen atoms in total. The SMILES string of the molecule is COC(C)(C)CCNCCOc1ccccc1. The van der Waals surface area contributed by atoms with Crippen molar-refractivity contribution in [3.63, 3.8) is 0 Å². The maximum absolute atomic E-state index is 5.57. The summed E-state index contributed by atoms with van der Waals surface area (Å²) in [6, 6.07) is 9.87. The summed E-state index contributed by atoms with van der Waals surface area (Å²) < 4.78 is 10.9. The van der Waals surface area contributed by atoms with Crippen molar-refractivity contribution in [3.8, 4) is 5.75 Å². The molecule has 0 heterocycles. The number of hydrogen-bond acceptors (Lipinski definition) is 3. The van der Waals surface area contributed by atoms with E-state index in [4.69, 9.17) is 9.47 Å². The molecule has 1 aromatic carbocycles. The lowest BCUT2D eigenvalue weighted by Gasteiger charge is -2.22. The Bertz CT molecular complexity index is 298. The molecule has 1 N–H and O–H groups in total. The van der Waals surface area contributed by atoms with Gasteiger partial charge in [0.15, 0.2) is 0 Å². The van der Waals surface area contributed by atoms with Crippen molar-refractivity contribution in [2.45, 2.75) is 25.9 Å². The third-order valence-electron chi connectivity index (χ3n) is 2.75. The fourth-order valence-corrected chi connectivity index (χ4v) is 1.37. The van der Waals surface area contributed by atoms with E-state index in [9.17, 15) is 0 Å². The summed E-state index contributed by atoms with van der Waals surface area (Å²) in [6.07, 6.45) is 0.995. The lowest BCUT2D eigenvalue weighted by atomic mass is 10.1. The van der Waals surface area contributed by atoms with E-state index in [1.54, 1.807) is 7.11 Å². The lowest BCUT2D eigenvalue weighted by molar-refractivity contribution is 0.0158. The second-order valence-electron chi connectivity index (χ2n) is 4.63. The topological polar surface area (TPSA) is 30.5 Å². The molecule has 1 rings (SSSR count). The summed E-state index contributed by atoms with van der Waals surface area (Å²) >= 11 is 0. The van der Waals surface area contributed by atoms with Gasteiger partial charge in [0.05, 0.1) is 5.60 Å². The Morgan fingerprint density at radius 1 is 1.12 bits per heavy atom. The fraction of sp³-hybridized carbons (Fsp3) is 0.571. The van der Waals surface area contributed by atoms with Gasteiger partial charge in [-0.05, 0) is 38.9 Å². The van der Waals surface area contributed by atoms with E-state index in [0.29, 0.717) is 6.61 Å². The van der Waals surface area contributed by atoms with Gasteiger partial charge in [0.2, 0.25) is 0 Å². The first-order valence-corrected chi connectivity index (χ1v) is 6.08. The van der Waals surface area contributed by atoms with Crippen LogP contribution in [0.5, 0.6) is 5.75 Å². The zero-order valence-corrected chi connectivity index (χ0v) is 11.0. The Kier molecular flexibility index (Phi) is 6.01. The molecule has 0 fully saturated rings. The summed E-state index contributed by atoms with van der Waals surface area (Å²) in [5.41, 5.74) is -0.0483. The minimum absolute atomic E-state index is 0.0483. The van der Waals surface area contributed by atoms with Crippen molar-refractivity contribution in [1.29, 1.82) is 0 Å². The highest BCUT2D eigenvalue weighted by Gasteiger charge is 2.14. The van der Waals surface area contributed by atoms with Gasteiger partial charge in [-0.15, -0.1) is 0 Å². The van der Waals surface area contributed by atoms with E-state index >= 15 is 0 Å². The normalized spacial score (nSPS) is 11.5. The van der Waals surface area contributed by atoms with Crippen LogP contribution in [-0.2, 0) is 4.74 Å². The Morgan fingerprint density at radius 3 is 2.47 bits per heavy atom. The predicted octanol–water partition coefficient (Wildman–Crippen LogP) is 2.47. The van der Waals surface area contributed by atoms with E-state index in [2.05, 4.69) is 19.2 Å². The fourth-order valence-electron chi connectivity index (χ4n) is 1.37. The molecule has 0 bridgehead atoms. The van der Waals surface area contributed by atoms with Crippen LogP contribution < -0.4 is 10.1 Å². The van der Waals surface area contributed by atoms with Crippen LogP contribution in [0.2, 0.25) is 0 Å².